The molecule has 0 aliphatic carbocycles. The van der Waals surface area contributed by atoms with Crippen LogP contribution < -0.4 is 10.8 Å². The fourth-order valence-corrected chi connectivity index (χ4v) is 2.39. The zero-order valence-corrected chi connectivity index (χ0v) is 14.1. The first-order chi connectivity index (χ1) is 12.4. The van der Waals surface area contributed by atoms with Gasteiger partial charge in [0, 0.05) is 31.4 Å². The van der Waals surface area contributed by atoms with Gasteiger partial charge in [-0.05, 0) is 23.8 Å². The Morgan fingerprint density at radius 1 is 1.15 bits per heavy atom. The number of hydrogen-bond acceptors (Lipinski definition) is 5. The van der Waals surface area contributed by atoms with Crippen molar-refractivity contribution < 1.29 is 24.0 Å². The highest BCUT2D eigenvalue weighted by Crippen LogP contribution is 2.22. The zero-order chi connectivity index (χ0) is 19.3. The summed E-state index contributed by atoms with van der Waals surface area (Å²) in [5.41, 5.74) is 2.42. The molecule has 2 aromatic rings. The summed E-state index contributed by atoms with van der Waals surface area (Å²) in [6.07, 6.45) is 2.54. The quantitative estimate of drug-likeness (QED) is 0.410. The summed E-state index contributed by atoms with van der Waals surface area (Å²) in [4.78, 5) is 40.7. The molecule has 1 unspecified atom stereocenters. The van der Waals surface area contributed by atoms with Crippen LogP contribution in [0.25, 0.3) is 11.1 Å². The lowest BCUT2D eigenvalue weighted by atomic mass is 10.0. The summed E-state index contributed by atoms with van der Waals surface area (Å²) in [5.74, 6) is -2.93. The number of rotatable bonds is 5. The SMILES string of the molecule is CNC(=O)C(C(=O)NO)N(C)C(=O)c1ccc(-c2ccncc2F)cc1. The van der Waals surface area contributed by atoms with E-state index in [9.17, 15) is 18.8 Å². The number of likely N-dealkylation sites (N-methyl/N-ethyl adjacent to an activating group) is 2. The number of carbonyl (C=O) groups excluding carboxylic acids is 3. The van der Waals surface area contributed by atoms with Crippen molar-refractivity contribution >= 4 is 17.7 Å². The Balaban J connectivity index is 2.27. The Morgan fingerprint density at radius 3 is 2.35 bits per heavy atom. The molecule has 1 aromatic carbocycles. The Kier molecular flexibility index (Phi) is 5.97. The zero-order valence-electron chi connectivity index (χ0n) is 14.1. The fourth-order valence-electron chi connectivity index (χ4n) is 2.39. The van der Waals surface area contributed by atoms with Gasteiger partial charge in [0.25, 0.3) is 17.7 Å². The first-order valence-corrected chi connectivity index (χ1v) is 7.53. The van der Waals surface area contributed by atoms with E-state index in [1.165, 1.54) is 44.0 Å². The van der Waals surface area contributed by atoms with E-state index >= 15 is 0 Å². The maximum atomic E-state index is 13.8. The van der Waals surface area contributed by atoms with Crippen LogP contribution in [-0.2, 0) is 9.59 Å². The minimum Gasteiger partial charge on any atom is -0.357 e. The second kappa shape index (κ2) is 8.17. The Morgan fingerprint density at radius 2 is 1.81 bits per heavy atom. The second-order valence-electron chi connectivity index (χ2n) is 5.34. The predicted octanol–water partition coefficient (Wildman–Crippen LogP) is 0.580. The van der Waals surface area contributed by atoms with Gasteiger partial charge in [0.1, 0.15) is 5.82 Å². The topological polar surface area (TPSA) is 112 Å². The van der Waals surface area contributed by atoms with Crippen molar-refractivity contribution in [2.75, 3.05) is 14.1 Å². The van der Waals surface area contributed by atoms with E-state index in [2.05, 4.69) is 10.3 Å². The minimum absolute atomic E-state index is 0.186. The molecule has 0 aliphatic rings. The van der Waals surface area contributed by atoms with Crippen LogP contribution >= 0.6 is 0 Å². The normalized spacial score (nSPS) is 11.4. The van der Waals surface area contributed by atoms with E-state index in [-0.39, 0.29) is 5.56 Å². The van der Waals surface area contributed by atoms with Gasteiger partial charge >= 0.3 is 0 Å². The smallest absolute Gasteiger partial charge is 0.275 e. The molecule has 0 bridgehead atoms. The van der Waals surface area contributed by atoms with Gasteiger partial charge in [-0.25, -0.2) is 9.87 Å². The number of hydrogen-bond donors (Lipinski definition) is 3. The molecule has 26 heavy (non-hydrogen) atoms. The lowest BCUT2D eigenvalue weighted by Gasteiger charge is -2.25. The number of benzene rings is 1. The molecule has 3 amide bonds. The highest BCUT2D eigenvalue weighted by atomic mass is 19.1. The summed E-state index contributed by atoms with van der Waals surface area (Å²) in [6, 6.07) is 5.94. The molecule has 9 heteroatoms. The van der Waals surface area contributed by atoms with Crippen molar-refractivity contribution in [2.45, 2.75) is 6.04 Å². The first-order valence-electron chi connectivity index (χ1n) is 7.53. The van der Waals surface area contributed by atoms with Crippen LogP contribution in [0.15, 0.2) is 42.7 Å². The van der Waals surface area contributed by atoms with Crippen LogP contribution in [0.1, 0.15) is 10.4 Å². The van der Waals surface area contributed by atoms with Crippen LogP contribution in [-0.4, -0.2) is 52.9 Å². The molecule has 0 aliphatic heterocycles. The molecule has 1 atom stereocenters. The van der Waals surface area contributed by atoms with E-state index in [1.54, 1.807) is 12.1 Å². The summed E-state index contributed by atoms with van der Waals surface area (Å²) < 4.78 is 13.8. The van der Waals surface area contributed by atoms with Gasteiger partial charge in [0.2, 0.25) is 0 Å². The molecule has 8 nitrogen and oxygen atoms in total. The van der Waals surface area contributed by atoms with E-state index in [0.29, 0.717) is 11.1 Å². The molecular weight excluding hydrogens is 343 g/mol. The van der Waals surface area contributed by atoms with Crippen molar-refractivity contribution in [3.63, 3.8) is 0 Å². The fraction of sp³-hybridized carbons (Fsp3) is 0.176. The van der Waals surface area contributed by atoms with Crippen molar-refractivity contribution in [3.05, 3.63) is 54.1 Å². The lowest BCUT2D eigenvalue weighted by Crippen LogP contribution is -2.54. The number of aromatic nitrogens is 1. The molecular formula is C17H17FN4O4. The molecule has 1 aromatic heterocycles. The van der Waals surface area contributed by atoms with Gasteiger partial charge in [-0.15, -0.1) is 0 Å². The highest BCUT2D eigenvalue weighted by Gasteiger charge is 2.33. The maximum Gasteiger partial charge on any atom is 0.275 e. The van der Waals surface area contributed by atoms with Gasteiger partial charge in [-0.2, -0.15) is 0 Å². The Bertz CT molecular complexity index is 810. The van der Waals surface area contributed by atoms with E-state index in [0.717, 1.165) is 11.1 Å². The standard InChI is InChI=1S/C17H17FN4O4/c1-19-15(23)14(16(24)21-26)22(2)17(25)11-5-3-10(4-6-11)12-7-8-20-9-13(12)18/h3-9,14,26H,1-2H3,(H,19,23)(H,21,24). The molecule has 136 valence electrons. The number of carbonyl (C=O) groups is 3. The van der Waals surface area contributed by atoms with Gasteiger partial charge in [0.15, 0.2) is 6.04 Å². The molecule has 1 heterocycles. The maximum absolute atomic E-state index is 13.8. The van der Waals surface area contributed by atoms with E-state index in [4.69, 9.17) is 5.21 Å². The van der Waals surface area contributed by atoms with Crippen LogP contribution in [0.4, 0.5) is 4.39 Å². The highest BCUT2D eigenvalue weighted by molar-refractivity contribution is 6.08. The first kappa shape index (κ1) is 19.0. The summed E-state index contributed by atoms with van der Waals surface area (Å²) in [6.45, 7) is 0. The van der Waals surface area contributed by atoms with Crippen LogP contribution in [0, 0.1) is 5.82 Å². The largest absolute Gasteiger partial charge is 0.357 e. The van der Waals surface area contributed by atoms with Crippen molar-refractivity contribution in [3.8, 4) is 11.1 Å². The average Bonchev–Trinajstić information content (AvgIpc) is 2.67. The van der Waals surface area contributed by atoms with Crippen LogP contribution in [0.5, 0.6) is 0 Å². The van der Waals surface area contributed by atoms with E-state index in [1.807, 2.05) is 0 Å². The molecule has 0 fully saturated rings. The number of nitrogens with one attached hydrogen (secondary N) is 2. The molecule has 0 saturated carbocycles. The predicted molar refractivity (Wildman–Crippen MR) is 89.5 cm³/mol. The third kappa shape index (κ3) is 3.83. The molecule has 0 radical (unpaired) electrons. The third-order valence-corrected chi connectivity index (χ3v) is 3.78. The van der Waals surface area contributed by atoms with Crippen molar-refractivity contribution in [2.24, 2.45) is 0 Å². The van der Waals surface area contributed by atoms with Crippen molar-refractivity contribution in [1.82, 2.24) is 20.7 Å². The number of nitrogens with zero attached hydrogens (tertiary/aromatic N) is 2. The summed E-state index contributed by atoms with van der Waals surface area (Å²) >= 11 is 0. The number of amides is 3. The van der Waals surface area contributed by atoms with Crippen LogP contribution in [0.3, 0.4) is 0 Å². The molecule has 3 N–H and O–H groups in total. The number of halogens is 1. The minimum atomic E-state index is -1.55. The summed E-state index contributed by atoms with van der Waals surface area (Å²) in [7, 11) is 2.56. The number of hydroxylamine groups is 1. The van der Waals surface area contributed by atoms with Gasteiger partial charge in [-0.3, -0.25) is 24.6 Å². The van der Waals surface area contributed by atoms with E-state index < -0.39 is 29.6 Å². The third-order valence-electron chi connectivity index (χ3n) is 3.78. The summed E-state index contributed by atoms with van der Waals surface area (Å²) in [5, 5.41) is 11.0. The Hall–Kier alpha value is -3.33. The van der Waals surface area contributed by atoms with Gasteiger partial charge in [0.05, 0.1) is 6.20 Å². The number of pyridine rings is 1. The van der Waals surface area contributed by atoms with Crippen molar-refractivity contribution in [1.29, 1.82) is 0 Å². The monoisotopic (exact) mass is 360 g/mol. The van der Waals surface area contributed by atoms with Crippen LogP contribution in [0.2, 0.25) is 0 Å². The Labute approximate surface area is 148 Å². The average molecular weight is 360 g/mol. The lowest BCUT2D eigenvalue weighted by molar-refractivity contribution is -0.140. The molecule has 0 spiro atoms. The van der Waals surface area contributed by atoms with Gasteiger partial charge in [-0.1, -0.05) is 12.1 Å². The molecule has 0 saturated heterocycles. The second-order valence-corrected chi connectivity index (χ2v) is 5.34. The molecule has 2 rings (SSSR count). The van der Waals surface area contributed by atoms with Gasteiger partial charge < -0.3 is 10.2 Å².